The van der Waals surface area contributed by atoms with E-state index in [0.29, 0.717) is 5.02 Å². The summed E-state index contributed by atoms with van der Waals surface area (Å²) in [7, 11) is 1.26. The summed E-state index contributed by atoms with van der Waals surface area (Å²) in [5.41, 5.74) is -0.190. The van der Waals surface area contributed by atoms with Crippen molar-refractivity contribution in [3.05, 3.63) is 46.3 Å². The largest absolute Gasteiger partial charge is 0.467 e. The van der Waals surface area contributed by atoms with Gasteiger partial charge in [0, 0.05) is 24.2 Å². The highest BCUT2D eigenvalue weighted by Crippen LogP contribution is 2.24. The number of nitrogens with one attached hydrogen (secondary N) is 1. The molecule has 30 heavy (non-hydrogen) atoms. The molecule has 0 fully saturated rings. The van der Waals surface area contributed by atoms with Crippen LogP contribution < -0.4 is 5.32 Å². The minimum absolute atomic E-state index is 0.0249. The Kier molecular flexibility index (Phi) is 9.49. The van der Waals surface area contributed by atoms with Crippen molar-refractivity contribution < 1.29 is 23.5 Å². The van der Waals surface area contributed by atoms with Gasteiger partial charge in [0.25, 0.3) is 0 Å². The Morgan fingerprint density at radius 1 is 1.27 bits per heavy atom. The molecule has 0 radical (unpaired) electrons. The molecule has 1 rings (SSSR count). The Bertz CT molecular complexity index is 818. The second kappa shape index (κ2) is 11.1. The van der Waals surface area contributed by atoms with Crippen molar-refractivity contribution >= 4 is 29.9 Å². The molecule has 1 amide bonds. The molecule has 0 aliphatic rings. The molecule has 166 valence electrons. The SMILES string of the molecule is COC(=O)C(C)(CC/C(F)=C/CNC(=O)OC(C)(C)C)N=Cc1ccc(Cl)cc1C. The normalized spacial score (nSPS) is 14.3. The van der Waals surface area contributed by atoms with Crippen LogP contribution in [0, 0.1) is 6.92 Å². The van der Waals surface area contributed by atoms with Crippen LogP contribution in [-0.2, 0) is 14.3 Å². The number of amides is 1. The van der Waals surface area contributed by atoms with Crippen molar-refractivity contribution in [2.75, 3.05) is 13.7 Å². The van der Waals surface area contributed by atoms with Gasteiger partial charge in [0.05, 0.1) is 12.9 Å². The maximum atomic E-state index is 14.2. The minimum Gasteiger partial charge on any atom is -0.467 e. The molecule has 1 aromatic carbocycles. The number of hydrogen-bond acceptors (Lipinski definition) is 5. The first-order chi connectivity index (χ1) is 13.9. The second-order valence-corrected chi connectivity index (χ2v) is 8.49. The maximum absolute atomic E-state index is 14.2. The van der Waals surface area contributed by atoms with Gasteiger partial charge in [-0.25, -0.2) is 14.0 Å². The number of carbonyl (C=O) groups is 2. The smallest absolute Gasteiger partial charge is 0.407 e. The summed E-state index contributed by atoms with van der Waals surface area (Å²) in [6.07, 6.45) is 2.22. The average Bonchev–Trinajstić information content (AvgIpc) is 2.63. The van der Waals surface area contributed by atoms with E-state index in [1.165, 1.54) is 13.2 Å². The molecule has 0 aliphatic carbocycles. The average molecular weight is 441 g/mol. The first-order valence-corrected chi connectivity index (χ1v) is 9.95. The summed E-state index contributed by atoms with van der Waals surface area (Å²) in [6.45, 7) is 8.66. The van der Waals surface area contributed by atoms with Crippen molar-refractivity contribution in [2.45, 2.75) is 58.6 Å². The van der Waals surface area contributed by atoms with Crippen LogP contribution in [-0.4, -0.2) is 43.1 Å². The van der Waals surface area contributed by atoms with Gasteiger partial charge in [-0.15, -0.1) is 0 Å². The van der Waals surface area contributed by atoms with Gasteiger partial charge in [0.2, 0.25) is 0 Å². The monoisotopic (exact) mass is 440 g/mol. The number of carbonyl (C=O) groups excluding carboxylic acids is 2. The zero-order valence-corrected chi connectivity index (χ0v) is 19.1. The standard InChI is InChI=1S/C22H30ClFN2O4/c1-15-13-17(23)8-7-16(15)14-26-22(5,19(27)29-6)11-9-18(24)10-12-25-20(28)30-21(2,3)4/h7-8,10,13-14H,9,11-12H2,1-6H3,(H,25,28)/b18-10-,26-14?. The van der Waals surface area contributed by atoms with Crippen molar-refractivity contribution in [1.29, 1.82) is 0 Å². The molecule has 0 spiro atoms. The van der Waals surface area contributed by atoms with Crippen molar-refractivity contribution in [3.63, 3.8) is 0 Å². The third-order valence-corrected chi connectivity index (χ3v) is 4.40. The molecular weight excluding hydrogens is 411 g/mol. The third-order valence-electron chi connectivity index (χ3n) is 4.17. The summed E-state index contributed by atoms with van der Waals surface area (Å²) in [5, 5.41) is 3.05. The number of nitrogens with zero attached hydrogens (tertiary/aromatic N) is 1. The highest BCUT2D eigenvalue weighted by atomic mass is 35.5. The minimum atomic E-state index is -1.26. The van der Waals surface area contributed by atoms with E-state index in [1.807, 2.05) is 6.92 Å². The van der Waals surface area contributed by atoms with Crippen LogP contribution in [0.15, 0.2) is 35.1 Å². The van der Waals surface area contributed by atoms with Crippen LogP contribution >= 0.6 is 11.6 Å². The fourth-order valence-corrected chi connectivity index (χ4v) is 2.69. The fraction of sp³-hybridized carbons (Fsp3) is 0.500. The molecule has 0 aromatic heterocycles. The van der Waals surface area contributed by atoms with Crippen LogP contribution in [0.1, 0.15) is 51.7 Å². The highest BCUT2D eigenvalue weighted by molar-refractivity contribution is 6.30. The van der Waals surface area contributed by atoms with E-state index in [0.717, 1.165) is 11.1 Å². The topological polar surface area (TPSA) is 77.0 Å². The molecule has 0 heterocycles. The predicted molar refractivity (Wildman–Crippen MR) is 117 cm³/mol. The van der Waals surface area contributed by atoms with Gasteiger partial charge in [0.1, 0.15) is 5.60 Å². The van der Waals surface area contributed by atoms with E-state index >= 15 is 0 Å². The van der Waals surface area contributed by atoms with Crippen LogP contribution in [0.2, 0.25) is 5.02 Å². The Morgan fingerprint density at radius 2 is 1.93 bits per heavy atom. The number of benzene rings is 1. The Hall–Kier alpha value is -2.41. The summed E-state index contributed by atoms with van der Waals surface area (Å²) in [6, 6.07) is 5.31. The van der Waals surface area contributed by atoms with E-state index in [1.54, 1.807) is 52.1 Å². The van der Waals surface area contributed by atoms with Gasteiger partial charge in [-0.3, -0.25) is 4.99 Å². The number of methoxy groups -OCH3 is 1. The lowest BCUT2D eigenvalue weighted by Gasteiger charge is -2.22. The van der Waals surface area contributed by atoms with Gasteiger partial charge >= 0.3 is 12.1 Å². The Balaban J connectivity index is 2.76. The van der Waals surface area contributed by atoms with Gasteiger partial charge in [-0.2, -0.15) is 0 Å². The molecule has 0 bridgehead atoms. The predicted octanol–water partition coefficient (Wildman–Crippen LogP) is 5.16. The van der Waals surface area contributed by atoms with Gasteiger partial charge in [-0.1, -0.05) is 17.7 Å². The Labute approximate surface area is 182 Å². The zero-order valence-electron chi connectivity index (χ0n) is 18.3. The second-order valence-electron chi connectivity index (χ2n) is 8.06. The number of rotatable bonds is 8. The number of aryl methyl sites for hydroxylation is 1. The number of aliphatic imine (C=N–C) groups is 1. The molecule has 0 aliphatic heterocycles. The van der Waals surface area contributed by atoms with E-state index in [-0.39, 0.29) is 19.4 Å². The summed E-state index contributed by atoms with van der Waals surface area (Å²) in [5.74, 6) is -1.04. The van der Waals surface area contributed by atoms with Crippen LogP contribution in [0.25, 0.3) is 0 Å². The Morgan fingerprint density at radius 3 is 2.50 bits per heavy atom. The van der Waals surface area contributed by atoms with Gasteiger partial charge in [0.15, 0.2) is 5.54 Å². The van der Waals surface area contributed by atoms with Crippen molar-refractivity contribution in [3.8, 4) is 0 Å². The molecule has 0 saturated heterocycles. The van der Waals surface area contributed by atoms with Crippen LogP contribution in [0.4, 0.5) is 9.18 Å². The molecule has 6 nitrogen and oxygen atoms in total. The number of halogens is 2. The molecule has 1 aromatic rings. The quantitative estimate of drug-likeness (QED) is 0.447. The van der Waals surface area contributed by atoms with Crippen LogP contribution in [0.5, 0.6) is 0 Å². The molecule has 1 N–H and O–H groups in total. The first kappa shape index (κ1) is 25.6. The summed E-state index contributed by atoms with van der Waals surface area (Å²) >= 11 is 5.96. The lowest BCUT2D eigenvalue weighted by molar-refractivity contribution is -0.146. The zero-order chi connectivity index (χ0) is 22.9. The first-order valence-electron chi connectivity index (χ1n) is 9.57. The lowest BCUT2D eigenvalue weighted by Crippen LogP contribution is -2.35. The van der Waals surface area contributed by atoms with E-state index in [2.05, 4.69) is 10.3 Å². The number of ether oxygens (including phenoxy) is 2. The number of esters is 1. The third kappa shape index (κ3) is 8.95. The summed E-state index contributed by atoms with van der Waals surface area (Å²) < 4.78 is 24.1. The van der Waals surface area contributed by atoms with E-state index in [9.17, 15) is 14.0 Å². The molecule has 1 atom stereocenters. The van der Waals surface area contributed by atoms with E-state index < -0.39 is 29.0 Å². The van der Waals surface area contributed by atoms with E-state index in [4.69, 9.17) is 21.1 Å². The van der Waals surface area contributed by atoms with Crippen LogP contribution in [0.3, 0.4) is 0 Å². The molecule has 8 heteroatoms. The summed E-state index contributed by atoms with van der Waals surface area (Å²) in [4.78, 5) is 28.2. The number of alkyl carbamates (subject to hydrolysis) is 1. The molecule has 1 unspecified atom stereocenters. The van der Waals surface area contributed by atoms with Gasteiger partial charge in [-0.05, 0) is 70.4 Å². The van der Waals surface area contributed by atoms with Gasteiger partial charge < -0.3 is 14.8 Å². The number of allylic oxidation sites excluding steroid dienone is 1. The highest BCUT2D eigenvalue weighted by Gasteiger charge is 2.33. The number of hydrogen-bond donors (Lipinski definition) is 1. The van der Waals surface area contributed by atoms with Crippen molar-refractivity contribution in [2.24, 2.45) is 4.99 Å². The fourth-order valence-electron chi connectivity index (χ4n) is 2.46. The molecular formula is C22H30ClFN2O4. The maximum Gasteiger partial charge on any atom is 0.407 e. The van der Waals surface area contributed by atoms with Crippen molar-refractivity contribution in [1.82, 2.24) is 5.32 Å². The molecule has 0 saturated carbocycles. The lowest BCUT2D eigenvalue weighted by atomic mass is 9.96.